The van der Waals surface area contributed by atoms with Gasteiger partial charge < -0.3 is 4.79 Å². The Hall–Kier alpha value is -1.27. The molecule has 1 fully saturated rings. The Labute approximate surface area is 123 Å². The van der Waals surface area contributed by atoms with Gasteiger partial charge in [-0.2, -0.15) is 0 Å². The lowest BCUT2D eigenvalue weighted by Gasteiger charge is -2.31. The van der Waals surface area contributed by atoms with Gasteiger partial charge >= 0.3 is 0 Å². The predicted molar refractivity (Wildman–Crippen MR) is 79.9 cm³/mol. The summed E-state index contributed by atoms with van der Waals surface area (Å²) in [6.45, 7) is 5.76. The number of piperidine rings is 1. The number of likely N-dealkylation sites (tertiary alicyclic amines) is 1. The number of anilines is 1. The van der Waals surface area contributed by atoms with Crippen LogP contribution >= 0.6 is 11.3 Å². The van der Waals surface area contributed by atoms with Gasteiger partial charge in [-0.15, -0.1) is 11.3 Å². The molecule has 0 aliphatic carbocycles. The smallest absolute Gasteiger partial charge is 0.225 e. The van der Waals surface area contributed by atoms with Crippen LogP contribution in [0.1, 0.15) is 38.8 Å². The van der Waals surface area contributed by atoms with Gasteiger partial charge in [0.2, 0.25) is 5.91 Å². The number of hydrogen-bond acceptors (Lipinski definition) is 5. The average molecular weight is 295 g/mol. The molecule has 1 aliphatic rings. The summed E-state index contributed by atoms with van der Waals surface area (Å²) < 4.78 is 0. The SMILES string of the molecule is CCN(C(C)=O)c1nc(CN2CCCCC2C=O)cs1. The quantitative estimate of drug-likeness (QED) is 0.780. The molecule has 1 aliphatic heterocycles. The summed E-state index contributed by atoms with van der Waals surface area (Å²) in [4.78, 5) is 31.0. The Morgan fingerprint density at radius 3 is 3.05 bits per heavy atom. The van der Waals surface area contributed by atoms with Crippen LogP contribution in [0.4, 0.5) is 5.13 Å². The molecule has 1 aromatic rings. The number of nitrogens with zero attached hydrogens (tertiary/aromatic N) is 3. The fourth-order valence-electron chi connectivity index (χ4n) is 2.56. The fraction of sp³-hybridized carbons (Fsp3) is 0.643. The minimum Gasteiger partial charge on any atom is -0.302 e. The summed E-state index contributed by atoms with van der Waals surface area (Å²) in [6, 6.07) is 0.0176. The van der Waals surface area contributed by atoms with Crippen LogP contribution in [0, 0.1) is 0 Å². The number of aromatic nitrogens is 1. The monoisotopic (exact) mass is 295 g/mol. The van der Waals surface area contributed by atoms with Gasteiger partial charge in [0.25, 0.3) is 0 Å². The van der Waals surface area contributed by atoms with Crippen LogP contribution in [0.5, 0.6) is 0 Å². The second-order valence-electron chi connectivity index (χ2n) is 5.05. The Balaban J connectivity index is 2.05. The van der Waals surface area contributed by atoms with E-state index in [4.69, 9.17) is 0 Å². The zero-order valence-corrected chi connectivity index (χ0v) is 12.9. The standard InChI is InChI=1S/C14H21N3O2S/c1-3-17(11(2)19)14-15-12(10-20-14)8-16-7-5-4-6-13(16)9-18/h9-10,13H,3-8H2,1-2H3. The number of amides is 1. The third-order valence-corrected chi connectivity index (χ3v) is 4.57. The van der Waals surface area contributed by atoms with Gasteiger partial charge in [-0.1, -0.05) is 6.42 Å². The van der Waals surface area contributed by atoms with E-state index in [2.05, 4.69) is 9.88 Å². The van der Waals surface area contributed by atoms with Crippen molar-refractivity contribution in [3.8, 4) is 0 Å². The summed E-state index contributed by atoms with van der Waals surface area (Å²) in [5.41, 5.74) is 0.943. The molecule has 0 N–H and O–H groups in total. The molecule has 20 heavy (non-hydrogen) atoms. The predicted octanol–water partition coefficient (Wildman–Crippen LogP) is 2.07. The van der Waals surface area contributed by atoms with E-state index in [9.17, 15) is 9.59 Å². The van der Waals surface area contributed by atoms with E-state index in [-0.39, 0.29) is 11.9 Å². The molecule has 0 radical (unpaired) electrons. The molecule has 2 heterocycles. The summed E-state index contributed by atoms with van der Waals surface area (Å²) in [6.07, 6.45) is 4.24. The van der Waals surface area contributed by atoms with Gasteiger partial charge in [0.15, 0.2) is 5.13 Å². The van der Waals surface area contributed by atoms with Crippen molar-refractivity contribution in [1.29, 1.82) is 0 Å². The van der Waals surface area contributed by atoms with Crippen molar-refractivity contribution in [3.05, 3.63) is 11.1 Å². The summed E-state index contributed by atoms with van der Waals surface area (Å²) >= 11 is 1.49. The number of thiazole rings is 1. The van der Waals surface area contributed by atoms with E-state index in [0.717, 1.165) is 42.9 Å². The van der Waals surface area contributed by atoms with Crippen LogP contribution in [0.25, 0.3) is 0 Å². The maximum atomic E-state index is 11.5. The van der Waals surface area contributed by atoms with Gasteiger partial charge in [0.05, 0.1) is 11.7 Å². The molecule has 2 rings (SSSR count). The van der Waals surface area contributed by atoms with Crippen LogP contribution in [-0.4, -0.2) is 41.2 Å². The van der Waals surface area contributed by atoms with E-state index in [1.807, 2.05) is 12.3 Å². The lowest BCUT2D eigenvalue weighted by atomic mass is 10.0. The first-order valence-corrected chi connectivity index (χ1v) is 7.95. The van der Waals surface area contributed by atoms with Crippen LogP contribution in [0.15, 0.2) is 5.38 Å². The van der Waals surface area contributed by atoms with Crippen molar-refractivity contribution in [3.63, 3.8) is 0 Å². The molecule has 0 saturated carbocycles. The maximum absolute atomic E-state index is 11.5. The first-order chi connectivity index (χ1) is 9.65. The summed E-state index contributed by atoms with van der Waals surface area (Å²) in [7, 11) is 0. The lowest BCUT2D eigenvalue weighted by molar-refractivity contribution is -0.116. The zero-order chi connectivity index (χ0) is 14.5. The number of hydrogen-bond donors (Lipinski definition) is 0. The molecule has 1 amide bonds. The Kier molecular flexibility index (Phi) is 5.25. The molecule has 110 valence electrons. The third-order valence-electron chi connectivity index (χ3n) is 3.65. The Morgan fingerprint density at radius 2 is 2.40 bits per heavy atom. The molecule has 1 unspecified atom stereocenters. The van der Waals surface area contributed by atoms with Crippen molar-refractivity contribution in [2.24, 2.45) is 0 Å². The van der Waals surface area contributed by atoms with E-state index in [1.165, 1.54) is 11.3 Å². The highest BCUT2D eigenvalue weighted by Gasteiger charge is 2.23. The number of aldehydes is 1. The highest BCUT2D eigenvalue weighted by molar-refractivity contribution is 7.14. The third kappa shape index (κ3) is 3.43. The molecule has 0 spiro atoms. The second kappa shape index (κ2) is 6.95. The highest BCUT2D eigenvalue weighted by Crippen LogP contribution is 2.23. The fourth-order valence-corrected chi connectivity index (χ4v) is 3.48. The van der Waals surface area contributed by atoms with Gasteiger partial charge in [0, 0.05) is 25.4 Å². The highest BCUT2D eigenvalue weighted by atomic mass is 32.1. The zero-order valence-electron chi connectivity index (χ0n) is 12.0. The van der Waals surface area contributed by atoms with Gasteiger partial charge in [-0.3, -0.25) is 14.6 Å². The van der Waals surface area contributed by atoms with Crippen LogP contribution < -0.4 is 4.90 Å². The van der Waals surface area contributed by atoms with E-state index in [1.54, 1.807) is 11.8 Å². The maximum Gasteiger partial charge on any atom is 0.225 e. The van der Waals surface area contributed by atoms with Crippen molar-refractivity contribution >= 4 is 28.7 Å². The second-order valence-corrected chi connectivity index (χ2v) is 5.89. The molecule has 6 heteroatoms. The molecule has 1 aromatic heterocycles. The summed E-state index contributed by atoms with van der Waals surface area (Å²) in [5.74, 6) is 0.0112. The van der Waals surface area contributed by atoms with E-state index in [0.29, 0.717) is 13.1 Å². The lowest BCUT2D eigenvalue weighted by Crippen LogP contribution is -2.40. The Morgan fingerprint density at radius 1 is 1.60 bits per heavy atom. The topological polar surface area (TPSA) is 53.5 Å². The van der Waals surface area contributed by atoms with Gasteiger partial charge in [-0.25, -0.2) is 4.98 Å². The van der Waals surface area contributed by atoms with Crippen molar-refractivity contribution < 1.29 is 9.59 Å². The van der Waals surface area contributed by atoms with Crippen LogP contribution in [0.3, 0.4) is 0 Å². The van der Waals surface area contributed by atoms with Crippen LogP contribution in [0.2, 0.25) is 0 Å². The van der Waals surface area contributed by atoms with Crippen molar-refractivity contribution in [2.75, 3.05) is 18.0 Å². The largest absolute Gasteiger partial charge is 0.302 e. The number of carbonyl (C=O) groups excluding carboxylic acids is 2. The molecular formula is C14H21N3O2S. The minimum atomic E-state index is 0.0112. The molecule has 5 nitrogen and oxygen atoms in total. The minimum absolute atomic E-state index is 0.0112. The summed E-state index contributed by atoms with van der Waals surface area (Å²) in [5, 5.41) is 2.73. The normalized spacial score (nSPS) is 19.8. The molecule has 1 saturated heterocycles. The van der Waals surface area contributed by atoms with Crippen molar-refractivity contribution in [2.45, 2.75) is 45.7 Å². The number of rotatable bonds is 5. The molecular weight excluding hydrogens is 274 g/mol. The van der Waals surface area contributed by atoms with Gasteiger partial charge in [0.1, 0.15) is 6.29 Å². The Bertz CT molecular complexity index is 475. The number of carbonyl (C=O) groups is 2. The van der Waals surface area contributed by atoms with Crippen LogP contribution in [-0.2, 0) is 16.1 Å². The molecule has 0 aromatic carbocycles. The molecule has 0 bridgehead atoms. The average Bonchev–Trinajstić information content (AvgIpc) is 2.88. The molecule has 1 atom stereocenters. The van der Waals surface area contributed by atoms with Gasteiger partial charge in [-0.05, 0) is 26.3 Å². The first kappa shape index (κ1) is 15.1. The van der Waals surface area contributed by atoms with Crippen molar-refractivity contribution in [1.82, 2.24) is 9.88 Å². The van der Waals surface area contributed by atoms with E-state index >= 15 is 0 Å². The van der Waals surface area contributed by atoms with E-state index < -0.39 is 0 Å². The first-order valence-electron chi connectivity index (χ1n) is 7.07.